The van der Waals surface area contributed by atoms with Crippen LogP contribution in [-0.2, 0) is 17.9 Å². The lowest BCUT2D eigenvalue weighted by molar-refractivity contribution is -0.116. The summed E-state index contributed by atoms with van der Waals surface area (Å²) in [4.78, 5) is 30.2. The number of nitrogens with zero attached hydrogens (tertiary/aromatic N) is 5. The first-order valence-electron chi connectivity index (χ1n) is 10.4. The van der Waals surface area contributed by atoms with Gasteiger partial charge in [-0.15, -0.1) is 0 Å². The van der Waals surface area contributed by atoms with Crippen LogP contribution in [0, 0.1) is 5.41 Å². The van der Waals surface area contributed by atoms with Gasteiger partial charge in [-0.3, -0.25) is 9.69 Å². The molecule has 160 valence electrons. The molecule has 2 fully saturated rings. The summed E-state index contributed by atoms with van der Waals surface area (Å²) in [5.74, 6) is -0.0994. The first-order valence-corrected chi connectivity index (χ1v) is 10.4. The number of aliphatic hydroxyl groups excluding tert-OH is 1. The number of aromatic nitrogens is 2. The number of likely N-dealkylation sites (tertiary alicyclic amines) is 2. The average molecular weight is 412 g/mol. The summed E-state index contributed by atoms with van der Waals surface area (Å²) in [7, 11) is 1.67. The van der Waals surface area contributed by atoms with Crippen molar-refractivity contribution < 1.29 is 14.7 Å². The predicted molar refractivity (Wildman–Crippen MR) is 113 cm³/mol. The van der Waals surface area contributed by atoms with Crippen LogP contribution in [0.5, 0.6) is 0 Å². The van der Waals surface area contributed by atoms with Crippen molar-refractivity contribution in [1.82, 2.24) is 19.6 Å². The van der Waals surface area contributed by atoms with Gasteiger partial charge < -0.3 is 14.9 Å². The lowest BCUT2D eigenvalue weighted by atomic mass is 9.86. The molecule has 30 heavy (non-hydrogen) atoms. The number of aliphatic hydroxyl groups is 1. The Morgan fingerprint density at radius 2 is 1.97 bits per heavy atom. The molecule has 2 aromatic rings. The number of carbonyl (C=O) groups excluding carboxylic acids is 2. The zero-order valence-electron chi connectivity index (χ0n) is 17.6. The van der Waals surface area contributed by atoms with Gasteiger partial charge in [-0.05, 0) is 30.5 Å². The van der Waals surface area contributed by atoms with Gasteiger partial charge in [0.15, 0.2) is 0 Å². The van der Waals surface area contributed by atoms with Gasteiger partial charge in [0.05, 0.1) is 24.7 Å². The fraction of sp³-hybridized carbons (Fsp3) is 0.500. The van der Waals surface area contributed by atoms with E-state index in [0.717, 1.165) is 51.1 Å². The Bertz CT molecular complexity index is 942. The van der Waals surface area contributed by atoms with Gasteiger partial charge in [0.2, 0.25) is 5.91 Å². The fourth-order valence-electron chi connectivity index (χ4n) is 4.60. The lowest BCUT2D eigenvalue weighted by Gasteiger charge is -2.24. The highest BCUT2D eigenvalue weighted by Crippen LogP contribution is 2.40. The molecule has 2 saturated heterocycles. The van der Waals surface area contributed by atoms with Gasteiger partial charge in [-0.25, -0.2) is 4.79 Å². The largest absolute Gasteiger partial charge is 0.392 e. The minimum Gasteiger partial charge on any atom is -0.392 e. The highest BCUT2D eigenvalue weighted by atomic mass is 16.3. The smallest absolute Gasteiger partial charge is 0.344 e. The Balaban J connectivity index is 1.37. The molecule has 1 atom stereocenters. The van der Waals surface area contributed by atoms with Gasteiger partial charge in [-0.1, -0.05) is 24.3 Å². The van der Waals surface area contributed by atoms with Crippen molar-refractivity contribution in [3.05, 3.63) is 47.8 Å². The van der Waals surface area contributed by atoms with Crippen LogP contribution in [-0.4, -0.2) is 69.9 Å². The second kappa shape index (κ2) is 8.20. The Labute approximate surface area is 176 Å². The van der Waals surface area contributed by atoms with E-state index in [4.69, 9.17) is 0 Å². The maximum Gasteiger partial charge on any atom is 0.344 e. The van der Waals surface area contributed by atoms with E-state index in [1.165, 1.54) is 22.1 Å². The molecule has 1 unspecified atom stereocenters. The number of hydrogen-bond acceptors (Lipinski definition) is 5. The Morgan fingerprint density at radius 3 is 2.73 bits per heavy atom. The Morgan fingerprint density at radius 1 is 1.20 bits per heavy atom. The quantitative estimate of drug-likeness (QED) is 0.831. The summed E-state index contributed by atoms with van der Waals surface area (Å²) < 4.78 is 1.33. The van der Waals surface area contributed by atoms with Crippen molar-refractivity contribution in [2.45, 2.75) is 32.9 Å². The van der Waals surface area contributed by atoms with Crippen LogP contribution in [0.4, 0.5) is 10.5 Å². The third-order valence-electron chi connectivity index (χ3n) is 6.43. The van der Waals surface area contributed by atoms with E-state index in [0.29, 0.717) is 5.69 Å². The SMILES string of the molecule is CC(=O)N(C)c1cnn(C(=O)N2CCC3(CCN(Cc4cccc(CO)c4)C3)C2)c1. The molecule has 2 amide bonds. The van der Waals surface area contributed by atoms with Crippen LogP contribution >= 0.6 is 0 Å². The molecule has 1 spiro atoms. The number of amides is 2. The van der Waals surface area contributed by atoms with Crippen LogP contribution in [0.3, 0.4) is 0 Å². The molecular formula is C22H29N5O3. The Hall–Kier alpha value is -2.71. The van der Waals surface area contributed by atoms with E-state index >= 15 is 0 Å². The summed E-state index contributed by atoms with van der Waals surface area (Å²) in [6.07, 6.45) is 5.23. The molecule has 8 heteroatoms. The maximum atomic E-state index is 12.9. The molecule has 1 aromatic heterocycles. The number of anilines is 1. The molecule has 0 saturated carbocycles. The van der Waals surface area contributed by atoms with Crippen LogP contribution in [0.2, 0.25) is 0 Å². The van der Waals surface area contributed by atoms with Crippen molar-refractivity contribution in [1.29, 1.82) is 0 Å². The van der Waals surface area contributed by atoms with Crippen molar-refractivity contribution >= 4 is 17.6 Å². The molecule has 0 radical (unpaired) electrons. The van der Waals surface area contributed by atoms with E-state index in [2.05, 4.69) is 22.1 Å². The zero-order valence-corrected chi connectivity index (χ0v) is 17.6. The third kappa shape index (κ3) is 4.11. The average Bonchev–Trinajstić information content (AvgIpc) is 3.48. The third-order valence-corrected chi connectivity index (χ3v) is 6.43. The fourth-order valence-corrected chi connectivity index (χ4v) is 4.60. The monoisotopic (exact) mass is 411 g/mol. The van der Waals surface area contributed by atoms with E-state index in [1.54, 1.807) is 19.4 Å². The van der Waals surface area contributed by atoms with Crippen molar-refractivity contribution in [3.8, 4) is 0 Å². The van der Waals surface area contributed by atoms with Gasteiger partial charge in [0.25, 0.3) is 0 Å². The van der Waals surface area contributed by atoms with Crippen molar-refractivity contribution in [2.24, 2.45) is 5.41 Å². The summed E-state index contributed by atoms with van der Waals surface area (Å²) in [5, 5.41) is 13.5. The molecule has 0 bridgehead atoms. The van der Waals surface area contributed by atoms with Gasteiger partial charge in [0, 0.05) is 45.6 Å². The number of hydrogen-bond donors (Lipinski definition) is 1. The normalized spacial score (nSPS) is 21.5. The first-order chi connectivity index (χ1) is 14.4. The minimum absolute atomic E-state index is 0.0617. The topological polar surface area (TPSA) is 81.9 Å². The molecule has 4 rings (SSSR count). The lowest BCUT2D eigenvalue weighted by Crippen LogP contribution is -2.36. The predicted octanol–water partition coefficient (Wildman–Crippen LogP) is 1.92. The summed E-state index contributed by atoms with van der Waals surface area (Å²) in [6, 6.07) is 7.95. The molecule has 0 aliphatic carbocycles. The molecule has 3 heterocycles. The van der Waals surface area contributed by atoms with Crippen LogP contribution < -0.4 is 4.90 Å². The second-order valence-electron chi connectivity index (χ2n) is 8.61. The van der Waals surface area contributed by atoms with Gasteiger partial charge >= 0.3 is 6.03 Å². The highest BCUT2D eigenvalue weighted by Gasteiger charge is 2.45. The molecular weight excluding hydrogens is 382 g/mol. The van der Waals surface area contributed by atoms with E-state index in [1.807, 2.05) is 17.0 Å². The van der Waals surface area contributed by atoms with Crippen LogP contribution in [0.15, 0.2) is 36.7 Å². The van der Waals surface area contributed by atoms with Gasteiger partial charge in [-0.2, -0.15) is 9.78 Å². The van der Waals surface area contributed by atoms with E-state index in [9.17, 15) is 14.7 Å². The van der Waals surface area contributed by atoms with Crippen molar-refractivity contribution in [3.63, 3.8) is 0 Å². The maximum absolute atomic E-state index is 12.9. The Kier molecular flexibility index (Phi) is 5.62. The summed E-state index contributed by atoms with van der Waals surface area (Å²) in [6.45, 7) is 5.85. The number of rotatable bonds is 4. The first kappa shape index (κ1) is 20.6. The number of carbonyl (C=O) groups is 2. The van der Waals surface area contributed by atoms with E-state index in [-0.39, 0.29) is 24.0 Å². The molecule has 1 aromatic carbocycles. The van der Waals surface area contributed by atoms with Crippen molar-refractivity contribution in [2.75, 3.05) is 38.1 Å². The number of benzene rings is 1. The molecule has 1 N–H and O–H groups in total. The zero-order chi connectivity index (χ0) is 21.3. The van der Waals surface area contributed by atoms with Crippen LogP contribution in [0.25, 0.3) is 0 Å². The second-order valence-corrected chi connectivity index (χ2v) is 8.61. The van der Waals surface area contributed by atoms with Crippen LogP contribution in [0.1, 0.15) is 30.9 Å². The molecule has 2 aliphatic heterocycles. The highest BCUT2D eigenvalue weighted by molar-refractivity contribution is 5.91. The summed E-state index contributed by atoms with van der Waals surface area (Å²) >= 11 is 0. The summed E-state index contributed by atoms with van der Waals surface area (Å²) in [5.41, 5.74) is 2.90. The minimum atomic E-state index is -0.135. The molecule has 2 aliphatic rings. The molecule has 8 nitrogen and oxygen atoms in total. The van der Waals surface area contributed by atoms with E-state index < -0.39 is 0 Å². The standard InChI is InChI=1S/C22H29N5O3/c1-17(29)24(2)20-11-23-27(13-20)21(30)26-9-7-22(16-26)6-8-25(15-22)12-18-4-3-5-19(10-18)14-28/h3-5,10-11,13,28H,6-9,12,14-16H2,1-2H3. The van der Waals surface area contributed by atoms with Gasteiger partial charge in [0.1, 0.15) is 0 Å².